The molecule has 0 N–H and O–H groups in total. The molecule has 1 aromatic heterocycles. The molecule has 376 valence electrons. The van der Waals surface area contributed by atoms with Gasteiger partial charge in [-0.1, -0.05) is 184 Å². The SMILES string of the molecule is Cc1ccccc1-c1ccc2c(c1C)C(CCc1ccc(-c3ccc(N(c4ccc(-c5ccc6c(c5)c5c(n6C6=CC=CCC6)CCC=CC5)cc4)c4ccc5c(c4)C(C)(C)c4ccccc4-5)cc3)cc1)C1C=CC=CC21. The standard InChI is InChI=1S/C75H66N2/c1-49-17-11-12-20-60(49)61-44-45-68-63-22-14-13-21-62(63)67(74(68)50(61)2)42-29-51-27-30-52(31-28-51)53-32-37-57(38-33-53)76(59-41-43-65-64-23-15-16-25-70(64)75(3,4)71(65)48-59)58-39-34-54(35-40-58)55-36-46-73-69(47-55)66-24-9-6-10-26-72(66)77(73)56-18-7-5-8-19-56/h5-7,9,11-18,20-23,25,27-28,30-41,43-48,62-63,67H,8,10,19,24,26,29,42H2,1-4H3. The molecule has 0 radical (unpaired) electrons. The number of rotatable bonds is 10. The lowest BCUT2D eigenvalue weighted by molar-refractivity contribution is 0.482. The van der Waals surface area contributed by atoms with Crippen LogP contribution in [0.3, 0.4) is 0 Å². The Morgan fingerprint density at radius 2 is 1.22 bits per heavy atom. The van der Waals surface area contributed by atoms with Gasteiger partial charge in [0, 0.05) is 45.2 Å². The number of anilines is 3. The number of hydrogen-bond donors (Lipinski definition) is 0. The molecule has 0 fully saturated rings. The van der Waals surface area contributed by atoms with Crippen LogP contribution < -0.4 is 4.90 Å². The Balaban J connectivity index is 0.763. The second-order valence-electron chi connectivity index (χ2n) is 22.9. The second kappa shape index (κ2) is 19.1. The van der Waals surface area contributed by atoms with Gasteiger partial charge in [-0.25, -0.2) is 0 Å². The molecule has 0 saturated carbocycles. The first-order valence-corrected chi connectivity index (χ1v) is 28.3. The molecule has 5 aliphatic rings. The van der Waals surface area contributed by atoms with Crippen LogP contribution in [0.15, 0.2) is 225 Å². The summed E-state index contributed by atoms with van der Waals surface area (Å²) in [6, 6.07) is 64.9. The van der Waals surface area contributed by atoms with Crippen LogP contribution in [-0.2, 0) is 24.7 Å². The zero-order valence-corrected chi connectivity index (χ0v) is 44.9. The minimum absolute atomic E-state index is 0.110. The van der Waals surface area contributed by atoms with Crippen molar-refractivity contribution < 1.29 is 0 Å². The molecule has 8 aromatic carbocycles. The fourth-order valence-electron chi connectivity index (χ4n) is 14.3. The molecule has 1 heterocycles. The number of allylic oxidation sites excluding steroid dienone is 10. The van der Waals surface area contributed by atoms with Crippen LogP contribution >= 0.6 is 0 Å². The van der Waals surface area contributed by atoms with Crippen LogP contribution in [0.5, 0.6) is 0 Å². The van der Waals surface area contributed by atoms with E-state index in [-0.39, 0.29) is 5.41 Å². The molecule has 9 aromatic rings. The van der Waals surface area contributed by atoms with Crippen molar-refractivity contribution in [1.82, 2.24) is 4.57 Å². The van der Waals surface area contributed by atoms with Gasteiger partial charge in [-0.05, 0) is 214 Å². The lowest BCUT2D eigenvalue weighted by atomic mass is 9.80. The summed E-state index contributed by atoms with van der Waals surface area (Å²) in [6.45, 7) is 9.37. The summed E-state index contributed by atoms with van der Waals surface area (Å²) < 4.78 is 2.59. The summed E-state index contributed by atoms with van der Waals surface area (Å²) in [5.74, 6) is 1.43. The minimum Gasteiger partial charge on any atom is -0.317 e. The summed E-state index contributed by atoms with van der Waals surface area (Å²) in [5, 5.41) is 1.38. The van der Waals surface area contributed by atoms with Crippen LogP contribution in [0, 0.1) is 19.8 Å². The summed E-state index contributed by atoms with van der Waals surface area (Å²) in [4.78, 5) is 2.45. The first-order valence-electron chi connectivity index (χ1n) is 28.3. The Morgan fingerprint density at radius 3 is 1.99 bits per heavy atom. The quantitative estimate of drug-likeness (QED) is 0.124. The zero-order valence-electron chi connectivity index (χ0n) is 44.9. The molecule has 3 atom stereocenters. The van der Waals surface area contributed by atoms with E-state index in [1.807, 2.05) is 0 Å². The van der Waals surface area contributed by atoms with Crippen molar-refractivity contribution in [2.45, 2.75) is 89.9 Å². The van der Waals surface area contributed by atoms with Crippen LogP contribution in [-0.4, -0.2) is 4.57 Å². The molecule has 77 heavy (non-hydrogen) atoms. The minimum atomic E-state index is -0.110. The van der Waals surface area contributed by atoms with E-state index < -0.39 is 0 Å². The van der Waals surface area contributed by atoms with E-state index in [1.165, 1.54) is 106 Å². The van der Waals surface area contributed by atoms with Crippen molar-refractivity contribution in [3.8, 4) is 44.5 Å². The average molecular weight is 995 g/mol. The second-order valence-corrected chi connectivity index (χ2v) is 22.9. The predicted molar refractivity (Wildman–Crippen MR) is 326 cm³/mol. The van der Waals surface area contributed by atoms with Crippen molar-refractivity contribution in [3.63, 3.8) is 0 Å². The van der Waals surface area contributed by atoms with Gasteiger partial charge in [-0.2, -0.15) is 0 Å². The molecule has 0 spiro atoms. The summed E-state index contributed by atoms with van der Waals surface area (Å²) in [7, 11) is 0. The monoisotopic (exact) mass is 995 g/mol. The zero-order chi connectivity index (χ0) is 51.8. The van der Waals surface area contributed by atoms with Gasteiger partial charge in [0.1, 0.15) is 0 Å². The third kappa shape index (κ3) is 8.06. The number of aryl methyl sites for hydroxylation is 2. The number of aromatic nitrogens is 1. The van der Waals surface area contributed by atoms with Gasteiger partial charge in [0.2, 0.25) is 0 Å². The lowest BCUT2D eigenvalue weighted by Crippen LogP contribution is -2.16. The smallest absolute Gasteiger partial charge is 0.0531 e. The number of nitrogens with zero attached hydrogens (tertiary/aromatic N) is 2. The van der Waals surface area contributed by atoms with Gasteiger partial charge in [0.15, 0.2) is 0 Å². The van der Waals surface area contributed by atoms with Crippen LogP contribution in [0.1, 0.15) is 102 Å². The highest BCUT2D eigenvalue weighted by Gasteiger charge is 2.40. The highest BCUT2D eigenvalue weighted by molar-refractivity contribution is 5.93. The molecule has 2 heteroatoms. The van der Waals surface area contributed by atoms with E-state index in [0.29, 0.717) is 17.8 Å². The van der Waals surface area contributed by atoms with Gasteiger partial charge >= 0.3 is 0 Å². The summed E-state index contributed by atoms with van der Waals surface area (Å²) >= 11 is 0. The average Bonchev–Trinajstić information content (AvgIpc) is 4.02. The molecule has 2 nitrogen and oxygen atoms in total. The maximum absolute atomic E-state index is 2.59. The Hall–Kier alpha value is -8.20. The molecule has 0 bridgehead atoms. The van der Waals surface area contributed by atoms with Crippen molar-refractivity contribution >= 4 is 33.7 Å². The van der Waals surface area contributed by atoms with E-state index in [0.717, 1.165) is 62.0 Å². The van der Waals surface area contributed by atoms with Crippen molar-refractivity contribution in [3.05, 3.63) is 275 Å². The predicted octanol–water partition coefficient (Wildman–Crippen LogP) is 19.8. The summed E-state index contributed by atoms with van der Waals surface area (Å²) in [5.41, 5.74) is 29.5. The molecule has 0 aliphatic heterocycles. The fraction of sp³-hybridized carbons (Fsp3) is 0.200. The van der Waals surface area contributed by atoms with E-state index >= 15 is 0 Å². The van der Waals surface area contributed by atoms with E-state index in [2.05, 4.69) is 262 Å². The highest BCUT2D eigenvalue weighted by atomic mass is 15.1. The van der Waals surface area contributed by atoms with Crippen molar-refractivity contribution in [2.24, 2.45) is 5.92 Å². The maximum Gasteiger partial charge on any atom is 0.0531 e. The van der Waals surface area contributed by atoms with Crippen LogP contribution in [0.25, 0.3) is 61.1 Å². The van der Waals surface area contributed by atoms with Gasteiger partial charge in [0.05, 0.1) is 5.52 Å². The Morgan fingerprint density at radius 1 is 0.558 bits per heavy atom. The molecule has 0 amide bonds. The Bertz CT molecular complexity index is 3940. The number of fused-ring (bicyclic) bond motifs is 9. The lowest BCUT2D eigenvalue weighted by Gasteiger charge is -2.28. The maximum atomic E-state index is 2.59. The Kier molecular flexibility index (Phi) is 11.7. The van der Waals surface area contributed by atoms with Gasteiger partial charge in [-0.3, -0.25) is 0 Å². The third-order valence-corrected chi connectivity index (χ3v) is 18.3. The fourth-order valence-corrected chi connectivity index (χ4v) is 14.3. The first kappa shape index (κ1) is 47.3. The topological polar surface area (TPSA) is 8.17 Å². The molecule has 14 rings (SSSR count). The van der Waals surface area contributed by atoms with E-state index in [9.17, 15) is 0 Å². The van der Waals surface area contributed by atoms with Gasteiger partial charge < -0.3 is 9.47 Å². The molecular formula is C75H66N2. The van der Waals surface area contributed by atoms with Crippen molar-refractivity contribution in [2.75, 3.05) is 4.90 Å². The molecule has 3 unspecified atom stereocenters. The highest BCUT2D eigenvalue weighted by Crippen LogP contribution is 2.54. The van der Waals surface area contributed by atoms with Crippen molar-refractivity contribution in [1.29, 1.82) is 0 Å². The molecular weight excluding hydrogens is 929 g/mol. The van der Waals surface area contributed by atoms with E-state index in [4.69, 9.17) is 0 Å². The normalized spacial score (nSPS) is 18.3. The molecule has 0 saturated heterocycles. The van der Waals surface area contributed by atoms with Gasteiger partial charge in [-0.15, -0.1) is 0 Å². The molecule has 5 aliphatic carbocycles. The van der Waals surface area contributed by atoms with Crippen LogP contribution in [0.4, 0.5) is 17.1 Å². The Labute approximate surface area is 455 Å². The van der Waals surface area contributed by atoms with E-state index in [1.54, 1.807) is 5.56 Å². The first-order chi connectivity index (χ1) is 37.8. The largest absolute Gasteiger partial charge is 0.317 e. The number of benzene rings is 8. The van der Waals surface area contributed by atoms with Crippen LogP contribution in [0.2, 0.25) is 0 Å². The summed E-state index contributed by atoms with van der Waals surface area (Å²) in [6.07, 6.45) is 28.5. The number of hydrogen-bond acceptors (Lipinski definition) is 1. The van der Waals surface area contributed by atoms with Gasteiger partial charge in [0.25, 0.3) is 0 Å². The third-order valence-electron chi connectivity index (χ3n) is 18.3.